The molecule has 0 spiro atoms. The smallest absolute Gasteiger partial charge is 0.409 e. The predicted molar refractivity (Wildman–Crippen MR) is 122 cm³/mol. The van der Waals surface area contributed by atoms with Crippen molar-refractivity contribution in [2.45, 2.75) is 25.4 Å². The second-order valence-electron chi connectivity index (χ2n) is 7.92. The summed E-state index contributed by atoms with van der Waals surface area (Å²) in [5.41, 5.74) is 1.12. The molecule has 0 aliphatic carbocycles. The van der Waals surface area contributed by atoms with Crippen molar-refractivity contribution in [3.8, 4) is 6.01 Å². The molecule has 0 radical (unpaired) electrons. The molecule has 1 aromatic heterocycles. The normalized spacial score (nSPS) is 12.0. The minimum Gasteiger partial charge on any atom is -0.478 e. The zero-order valence-corrected chi connectivity index (χ0v) is 19.1. The minimum atomic E-state index is -1.50. The molecule has 0 aliphatic heterocycles. The fourth-order valence-electron chi connectivity index (χ4n) is 3.70. The number of amides is 1. The van der Waals surface area contributed by atoms with E-state index in [1.54, 1.807) is 82.5 Å². The summed E-state index contributed by atoms with van der Waals surface area (Å²) in [7, 11) is 3.12. The number of aromatic nitrogens is 2. The molecule has 8 nitrogen and oxygen atoms in total. The van der Waals surface area contributed by atoms with Gasteiger partial charge in [-0.25, -0.2) is 19.6 Å². The molecule has 1 heterocycles. The Morgan fingerprint density at radius 3 is 1.85 bits per heavy atom. The molecular weight excluding hydrogens is 422 g/mol. The number of nitrogens with zero attached hydrogens (tertiary/aromatic N) is 3. The number of aliphatic carboxylic acids is 1. The molecule has 1 unspecified atom stereocenters. The van der Waals surface area contributed by atoms with Crippen molar-refractivity contribution in [1.29, 1.82) is 0 Å². The molecule has 3 rings (SSSR count). The van der Waals surface area contributed by atoms with Crippen LogP contribution in [0.25, 0.3) is 0 Å². The lowest BCUT2D eigenvalue weighted by atomic mass is 9.70. The van der Waals surface area contributed by atoms with Crippen LogP contribution in [0.5, 0.6) is 6.01 Å². The first-order valence-corrected chi connectivity index (χ1v) is 10.4. The van der Waals surface area contributed by atoms with E-state index in [4.69, 9.17) is 9.47 Å². The lowest BCUT2D eigenvalue weighted by Crippen LogP contribution is -2.53. The number of hydrogen-bond donors (Lipinski definition) is 1. The van der Waals surface area contributed by atoms with Gasteiger partial charge < -0.3 is 19.5 Å². The van der Waals surface area contributed by atoms with Gasteiger partial charge in [0.15, 0.2) is 0 Å². The van der Waals surface area contributed by atoms with Crippen LogP contribution in [-0.2, 0) is 14.9 Å². The zero-order chi connectivity index (χ0) is 24.0. The number of carbonyl (C=O) groups excluding carboxylic acids is 1. The third kappa shape index (κ3) is 5.28. The monoisotopic (exact) mass is 449 g/mol. The Morgan fingerprint density at radius 1 is 0.939 bits per heavy atom. The highest BCUT2D eigenvalue weighted by molar-refractivity contribution is 5.77. The van der Waals surface area contributed by atoms with Gasteiger partial charge in [-0.1, -0.05) is 60.7 Å². The molecule has 172 valence electrons. The zero-order valence-electron chi connectivity index (χ0n) is 19.1. The van der Waals surface area contributed by atoms with Crippen molar-refractivity contribution >= 4 is 12.1 Å². The molecule has 0 saturated heterocycles. The summed E-state index contributed by atoms with van der Waals surface area (Å²) in [5, 5.41) is 10.4. The van der Waals surface area contributed by atoms with Gasteiger partial charge in [0.2, 0.25) is 6.10 Å². The molecule has 0 bridgehead atoms. The van der Waals surface area contributed by atoms with Crippen molar-refractivity contribution in [1.82, 2.24) is 14.9 Å². The quantitative estimate of drug-likeness (QED) is 0.560. The molecule has 2 aromatic carbocycles. The van der Waals surface area contributed by atoms with Gasteiger partial charge in [0, 0.05) is 25.5 Å². The summed E-state index contributed by atoms with van der Waals surface area (Å²) in [5.74, 6) is -1.24. The van der Waals surface area contributed by atoms with Crippen molar-refractivity contribution in [3.63, 3.8) is 0 Å². The van der Waals surface area contributed by atoms with Crippen LogP contribution in [-0.4, -0.2) is 58.8 Å². The van der Waals surface area contributed by atoms with Crippen LogP contribution in [0.1, 0.15) is 22.5 Å². The highest BCUT2D eigenvalue weighted by Gasteiger charge is 2.50. The minimum absolute atomic E-state index is 0.0601. The van der Waals surface area contributed by atoms with E-state index < -0.39 is 23.6 Å². The van der Waals surface area contributed by atoms with Crippen LogP contribution in [0.4, 0.5) is 4.79 Å². The Morgan fingerprint density at radius 2 is 1.42 bits per heavy atom. The van der Waals surface area contributed by atoms with Crippen molar-refractivity contribution < 1.29 is 24.2 Å². The standard InChI is InChI=1S/C25H27N3O5/c1-17-15-18(2)27-23(26-17)33-21(22(29)30)25(16-32-24(31)28(3)4,19-11-7-5-8-12-19)20-13-9-6-10-14-20/h5-15,21H,16H2,1-4H3,(H,29,30). The van der Waals surface area contributed by atoms with Gasteiger partial charge in [-0.15, -0.1) is 0 Å². The van der Waals surface area contributed by atoms with Gasteiger partial charge >= 0.3 is 18.1 Å². The molecule has 0 aliphatic rings. The third-order valence-corrected chi connectivity index (χ3v) is 5.22. The summed E-state index contributed by atoms with van der Waals surface area (Å²) in [6.45, 7) is 3.27. The molecule has 3 aromatic rings. The molecule has 33 heavy (non-hydrogen) atoms. The van der Waals surface area contributed by atoms with Crippen LogP contribution in [0.3, 0.4) is 0 Å². The van der Waals surface area contributed by atoms with Crippen LogP contribution in [0.15, 0.2) is 66.7 Å². The molecule has 1 atom stereocenters. The van der Waals surface area contributed by atoms with Gasteiger partial charge in [-0.3, -0.25) is 0 Å². The topological polar surface area (TPSA) is 102 Å². The first-order valence-electron chi connectivity index (χ1n) is 10.4. The van der Waals surface area contributed by atoms with Crippen LogP contribution in [0, 0.1) is 13.8 Å². The van der Waals surface area contributed by atoms with Gasteiger partial charge in [-0.05, 0) is 31.0 Å². The van der Waals surface area contributed by atoms with Gasteiger partial charge in [0.05, 0.1) is 0 Å². The van der Waals surface area contributed by atoms with Crippen LogP contribution >= 0.6 is 0 Å². The Hall–Kier alpha value is -3.94. The Bertz CT molecular complexity index is 1040. The first-order chi connectivity index (χ1) is 15.7. The van der Waals surface area contributed by atoms with Crippen molar-refractivity contribution in [2.24, 2.45) is 0 Å². The van der Waals surface area contributed by atoms with E-state index in [1.807, 2.05) is 12.1 Å². The van der Waals surface area contributed by atoms with E-state index in [0.29, 0.717) is 22.5 Å². The van der Waals surface area contributed by atoms with Gasteiger partial charge in [-0.2, -0.15) is 0 Å². The SMILES string of the molecule is Cc1cc(C)nc(OC(C(=O)O)C(COC(=O)N(C)C)(c2ccccc2)c2ccccc2)n1. The number of ether oxygens (including phenoxy) is 2. The molecule has 1 N–H and O–H groups in total. The Kier molecular flexibility index (Phi) is 7.27. The van der Waals surface area contributed by atoms with Crippen molar-refractivity contribution in [3.05, 3.63) is 89.2 Å². The summed E-state index contributed by atoms with van der Waals surface area (Å²) < 4.78 is 11.6. The number of carbonyl (C=O) groups is 2. The first kappa shape index (κ1) is 23.7. The van der Waals surface area contributed by atoms with E-state index in [0.717, 1.165) is 0 Å². The number of carboxylic acid groups (broad SMARTS) is 1. The lowest BCUT2D eigenvalue weighted by molar-refractivity contribution is -0.149. The number of hydrogen-bond acceptors (Lipinski definition) is 6. The molecular formula is C25H27N3O5. The number of carboxylic acids is 1. The number of rotatable bonds is 8. The average Bonchev–Trinajstić information content (AvgIpc) is 2.79. The maximum Gasteiger partial charge on any atom is 0.409 e. The largest absolute Gasteiger partial charge is 0.478 e. The molecule has 1 amide bonds. The third-order valence-electron chi connectivity index (χ3n) is 5.22. The molecule has 0 saturated carbocycles. The van der Waals surface area contributed by atoms with Crippen LogP contribution in [0.2, 0.25) is 0 Å². The van der Waals surface area contributed by atoms with Crippen molar-refractivity contribution in [2.75, 3.05) is 20.7 Å². The summed E-state index contributed by atoms with van der Waals surface area (Å²) in [6, 6.07) is 19.7. The highest BCUT2D eigenvalue weighted by Crippen LogP contribution is 2.38. The fourth-order valence-corrected chi connectivity index (χ4v) is 3.70. The van der Waals surface area contributed by atoms with Gasteiger partial charge in [0.1, 0.15) is 12.0 Å². The highest BCUT2D eigenvalue weighted by atomic mass is 16.6. The van der Waals surface area contributed by atoms with Gasteiger partial charge in [0.25, 0.3) is 0 Å². The second-order valence-corrected chi connectivity index (χ2v) is 7.92. The molecule has 0 fully saturated rings. The average molecular weight is 450 g/mol. The summed E-state index contributed by atoms with van der Waals surface area (Å²) in [4.78, 5) is 34.9. The Labute approximate surface area is 192 Å². The van der Waals surface area contributed by atoms with E-state index in [1.165, 1.54) is 4.90 Å². The predicted octanol–water partition coefficient (Wildman–Crippen LogP) is 3.61. The molecule has 8 heteroatoms. The summed E-state index contributed by atoms with van der Waals surface area (Å²) in [6.07, 6.45) is -2.10. The fraction of sp³-hybridized carbons (Fsp3) is 0.280. The Balaban J connectivity index is 2.23. The van der Waals surface area contributed by atoms with E-state index >= 15 is 0 Å². The lowest BCUT2D eigenvalue weighted by Gasteiger charge is -2.38. The van der Waals surface area contributed by atoms with Crippen LogP contribution < -0.4 is 4.74 Å². The number of benzene rings is 2. The maximum atomic E-state index is 12.7. The van der Waals surface area contributed by atoms with E-state index in [9.17, 15) is 14.7 Å². The van der Waals surface area contributed by atoms with E-state index in [2.05, 4.69) is 9.97 Å². The second kappa shape index (κ2) is 10.1. The number of aryl methyl sites for hydroxylation is 2. The van der Waals surface area contributed by atoms with E-state index in [-0.39, 0.29) is 12.6 Å². The maximum absolute atomic E-state index is 12.7. The summed E-state index contributed by atoms with van der Waals surface area (Å²) >= 11 is 0.